The van der Waals surface area contributed by atoms with Crippen molar-refractivity contribution in [2.24, 2.45) is 0 Å². The van der Waals surface area contributed by atoms with Gasteiger partial charge in [0.05, 0.1) is 11.3 Å². The lowest BCUT2D eigenvalue weighted by molar-refractivity contribution is -0.130. The molecule has 0 saturated heterocycles. The smallest absolute Gasteiger partial charge is 0.335 e. The van der Waals surface area contributed by atoms with Crippen LogP contribution in [-0.2, 0) is 4.79 Å². The van der Waals surface area contributed by atoms with Crippen LogP contribution in [0.25, 0.3) is 0 Å². The molecule has 0 unspecified atom stereocenters. The van der Waals surface area contributed by atoms with E-state index >= 15 is 0 Å². The minimum atomic E-state index is -1.06. The fourth-order valence-corrected chi connectivity index (χ4v) is 1.08. The number of carboxylic acid groups (broad SMARTS) is 1. The molecule has 1 aromatic carbocycles. The summed E-state index contributed by atoms with van der Waals surface area (Å²) in [5, 5.41) is 8.73. The molecule has 1 amide bonds. The lowest BCUT2D eigenvalue weighted by atomic mass is 10.2. The molecule has 0 aliphatic carbocycles. The van der Waals surface area contributed by atoms with Crippen LogP contribution in [0.4, 0.5) is 5.69 Å². The first kappa shape index (κ1) is 12.8. The Bertz CT molecular complexity index is 443. The quantitative estimate of drug-likeness (QED) is 0.742. The maximum atomic E-state index is 11.3. The molecule has 0 spiro atoms. The maximum Gasteiger partial charge on any atom is 0.335 e. The predicted octanol–water partition coefficient (Wildman–Crippen LogP) is 0.434. The van der Waals surface area contributed by atoms with Crippen molar-refractivity contribution in [1.82, 2.24) is 4.90 Å². The Balaban J connectivity index is 2.73. The van der Waals surface area contributed by atoms with Crippen LogP contribution in [0.15, 0.2) is 18.2 Å². The number of anilines is 1. The van der Waals surface area contributed by atoms with Crippen LogP contribution in [0.2, 0.25) is 0 Å². The molecule has 0 bridgehead atoms. The Morgan fingerprint density at radius 3 is 2.53 bits per heavy atom. The average molecular weight is 238 g/mol. The molecule has 1 aromatic rings. The van der Waals surface area contributed by atoms with E-state index in [1.54, 1.807) is 14.1 Å². The van der Waals surface area contributed by atoms with Crippen LogP contribution in [0.5, 0.6) is 5.75 Å². The van der Waals surface area contributed by atoms with Crippen molar-refractivity contribution in [2.75, 3.05) is 26.4 Å². The molecule has 0 aliphatic heterocycles. The van der Waals surface area contributed by atoms with Gasteiger partial charge in [-0.15, -0.1) is 0 Å². The number of nitrogens with zero attached hydrogens (tertiary/aromatic N) is 1. The summed E-state index contributed by atoms with van der Waals surface area (Å²) in [6.07, 6.45) is 0. The highest BCUT2D eigenvalue weighted by Crippen LogP contribution is 2.22. The highest BCUT2D eigenvalue weighted by molar-refractivity contribution is 5.89. The molecule has 1 rings (SSSR count). The summed E-state index contributed by atoms with van der Waals surface area (Å²) >= 11 is 0. The highest BCUT2D eigenvalue weighted by atomic mass is 16.5. The first-order valence-corrected chi connectivity index (χ1v) is 4.87. The van der Waals surface area contributed by atoms with Crippen LogP contribution in [0, 0.1) is 0 Å². The highest BCUT2D eigenvalue weighted by Gasteiger charge is 2.09. The van der Waals surface area contributed by atoms with Gasteiger partial charge >= 0.3 is 5.97 Å². The van der Waals surface area contributed by atoms with E-state index in [0.29, 0.717) is 5.75 Å². The van der Waals surface area contributed by atoms with E-state index in [-0.39, 0.29) is 23.8 Å². The van der Waals surface area contributed by atoms with Crippen molar-refractivity contribution in [3.8, 4) is 5.75 Å². The SMILES string of the molecule is CN(C)C(=O)COc1ccc(C(=O)O)cc1N. The third-order valence-corrected chi connectivity index (χ3v) is 2.11. The molecule has 3 N–H and O–H groups in total. The molecule has 0 saturated carbocycles. The number of carboxylic acids is 1. The zero-order valence-electron chi connectivity index (χ0n) is 9.64. The molecule has 0 radical (unpaired) electrons. The van der Waals surface area contributed by atoms with Crippen LogP contribution < -0.4 is 10.5 Å². The van der Waals surface area contributed by atoms with Crippen LogP contribution in [-0.4, -0.2) is 42.6 Å². The Labute approximate surface area is 98.6 Å². The van der Waals surface area contributed by atoms with E-state index in [4.69, 9.17) is 15.6 Å². The first-order valence-electron chi connectivity index (χ1n) is 4.87. The number of likely N-dealkylation sites (N-methyl/N-ethyl adjacent to an activating group) is 1. The number of carbonyl (C=O) groups is 2. The summed E-state index contributed by atoms with van der Waals surface area (Å²) in [6.45, 7) is -0.135. The number of carbonyl (C=O) groups excluding carboxylic acids is 1. The van der Waals surface area contributed by atoms with E-state index in [0.717, 1.165) is 0 Å². The van der Waals surface area contributed by atoms with Crippen molar-refractivity contribution in [1.29, 1.82) is 0 Å². The topological polar surface area (TPSA) is 92.9 Å². The standard InChI is InChI=1S/C11H14N2O4/c1-13(2)10(14)6-17-9-4-3-7(11(15)16)5-8(9)12/h3-5H,6,12H2,1-2H3,(H,15,16). The fourth-order valence-electron chi connectivity index (χ4n) is 1.08. The van der Waals surface area contributed by atoms with Gasteiger partial charge in [0.2, 0.25) is 0 Å². The van der Waals surface area contributed by atoms with E-state index in [2.05, 4.69) is 0 Å². The summed E-state index contributed by atoms with van der Waals surface area (Å²) in [7, 11) is 3.23. The normalized spacial score (nSPS) is 9.76. The van der Waals surface area contributed by atoms with Gasteiger partial charge in [0, 0.05) is 14.1 Å². The minimum Gasteiger partial charge on any atom is -0.482 e. The third kappa shape index (κ3) is 3.37. The van der Waals surface area contributed by atoms with Crippen molar-refractivity contribution < 1.29 is 19.4 Å². The Kier molecular flexibility index (Phi) is 3.92. The largest absolute Gasteiger partial charge is 0.482 e. The first-order chi connectivity index (χ1) is 7.91. The number of aromatic carboxylic acids is 1. The van der Waals surface area contributed by atoms with Crippen LogP contribution in [0.1, 0.15) is 10.4 Å². The van der Waals surface area contributed by atoms with Crippen molar-refractivity contribution >= 4 is 17.6 Å². The molecule has 0 aromatic heterocycles. The lowest BCUT2D eigenvalue weighted by Crippen LogP contribution is -2.27. The van der Waals surface area contributed by atoms with Gasteiger partial charge in [0.25, 0.3) is 5.91 Å². The molecule has 0 fully saturated rings. The van der Waals surface area contributed by atoms with Crippen molar-refractivity contribution in [2.45, 2.75) is 0 Å². The molecular weight excluding hydrogens is 224 g/mol. The molecule has 6 heteroatoms. The Morgan fingerprint density at radius 2 is 2.06 bits per heavy atom. The average Bonchev–Trinajstić information content (AvgIpc) is 2.26. The van der Waals surface area contributed by atoms with E-state index in [1.165, 1.54) is 23.1 Å². The summed E-state index contributed by atoms with van der Waals surface area (Å²) in [4.78, 5) is 23.3. The van der Waals surface area contributed by atoms with Crippen molar-refractivity contribution in [3.63, 3.8) is 0 Å². The Morgan fingerprint density at radius 1 is 1.41 bits per heavy atom. The molecular formula is C11H14N2O4. The van der Waals surface area contributed by atoms with Gasteiger partial charge in [0.1, 0.15) is 5.75 Å². The zero-order chi connectivity index (χ0) is 13.0. The van der Waals surface area contributed by atoms with Gasteiger partial charge in [-0.1, -0.05) is 0 Å². The molecule has 92 valence electrons. The number of rotatable bonds is 4. The second-order valence-electron chi connectivity index (χ2n) is 3.63. The van der Waals surface area contributed by atoms with Gasteiger partial charge in [-0.05, 0) is 18.2 Å². The predicted molar refractivity (Wildman–Crippen MR) is 62.0 cm³/mol. The number of hydrogen-bond acceptors (Lipinski definition) is 4. The number of nitrogens with two attached hydrogens (primary N) is 1. The van der Waals surface area contributed by atoms with E-state index < -0.39 is 5.97 Å². The summed E-state index contributed by atoms with van der Waals surface area (Å²) in [5.74, 6) is -0.968. The fraction of sp³-hybridized carbons (Fsp3) is 0.273. The number of ether oxygens (including phenoxy) is 1. The number of benzene rings is 1. The van der Waals surface area contributed by atoms with Crippen LogP contribution >= 0.6 is 0 Å². The Hall–Kier alpha value is -2.24. The molecule has 0 heterocycles. The minimum absolute atomic E-state index is 0.0776. The summed E-state index contributed by atoms with van der Waals surface area (Å²) < 4.78 is 5.19. The maximum absolute atomic E-state index is 11.3. The summed E-state index contributed by atoms with van der Waals surface area (Å²) in [6, 6.07) is 4.09. The van der Waals surface area contributed by atoms with E-state index in [1.807, 2.05) is 0 Å². The van der Waals surface area contributed by atoms with Crippen LogP contribution in [0.3, 0.4) is 0 Å². The second kappa shape index (κ2) is 5.20. The van der Waals surface area contributed by atoms with Gasteiger partial charge in [-0.25, -0.2) is 4.79 Å². The van der Waals surface area contributed by atoms with E-state index in [9.17, 15) is 9.59 Å². The van der Waals surface area contributed by atoms with Crippen molar-refractivity contribution in [3.05, 3.63) is 23.8 Å². The number of hydrogen-bond donors (Lipinski definition) is 2. The zero-order valence-corrected chi connectivity index (χ0v) is 9.64. The second-order valence-corrected chi connectivity index (χ2v) is 3.63. The van der Waals surface area contributed by atoms with Gasteiger partial charge in [0.15, 0.2) is 6.61 Å². The molecule has 17 heavy (non-hydrogen) atoms. The van der Waals surface area contributed by atoms with Gasteiger partial charge < -0.3 is 20.5 Å². The monoisotopic (exact) mass is 238 g/mol. The third-order valence-electron chi connectivity index (χ3n) is 2.11. The van der Waals surface area contributed by atoms with Gasteiger partial charge in [-0.3, -0.25) is 4.79 Å². The molecule has 6 nitrogen and oxygen atoms in total. The van der Waals surface area contributed by atoms with Gasteiger partial charge in [-0.2, -0.15) is 0 Å². The number of amides is 1. The molecule has 0 atom stereocenters. The molecule has 0 aliphatic rings. The lowest BCUT2D eigenvalue weighted by Gasteiger charge is -2.12. The number of nitrogen functional groups attached to an aromatic ring is 1. The summed E-state index contributed by atoms with van der Waals surface area (Å²) in [5.41, 5.74) is 5.88.